The molecule has 1 aliphatic heterocycles. The molecule has 116 valence electrons. The Morgan fingerprint density at radius 2 is 2.00 bits per heavy atom. The van der Waals surface area contributed by atoms with E-state index in [-0.39, 0.29) is 12.5 Å². The normalized spacial score (nSPS) is 19.1. The Hall–Kier alpha value is -1.30. The van der Waals surface area contributed by atoms with Gasteiger partial charge < -0.3 is 14.9 Å². The van der Waals surface area contributed by atoms with Gasteiger partial charge in [-0.1, -0.05) is 6.92 Å². The van der Waals surface area contributed by atoms with Crippen LogP contribution in [0.2, 0.25) is 0 Å². The van der Waals surface area contributed by atoms with E-state index in [9.17, 15) is 9.59 Å². The van der Waals surface area contributed by atoms with Gasteiger partial charge in [-0.25, -0.2) is 4.79 Å². The van der Waals surface area contributed by atoms with Crippen molar-refractivity contribution >= 4 is 12.0 Å². The molecule has 1 saturated heterocycles. The number of aliphatic carboxylic acids is 1. The summed E-state index contributed by atoms with van der Waals surface area (Å²) in [5, 5.41) is 8.60. The predicted molar refractivity (Wildman–Crippen MR) is 77.8 cm³/mol. The third-order valence-electron chi connectivity index (χ3n) is 3.93. The molecule has 0 saturated carbocycles. The summed E-state index contributed by atoms with van der Waals surface area (Å²) in [5.74, 6) is -0.816. The van der Waals surface area contributed by atoms with Crippen molar-refractivity contribution in [1.82, 2.24) is 14.7 Å². The molecule has 1 fully saturated rings. The topological polar surface area (TPSA) is 64.1 Å². The van der Waals surface area contributed by atoms with Gasteiger partial charge in [0.25, 0.3) is 0 Å². The average molecular weight is 285 g/mol. The lowest BCUT2D eigenvalue weighted by atomic mass is 10.2. The smallest absolute Gasteiger partial charge is 0.319 e. The molecule has 0 bridgehead atoms. The van der Waals surface area contributed by atoms with Crippen molar-refractivity contribution < 1.29 is 14.7 Å². The Balaban J connectivity index is 2.35. The van der Waals surface area contributed by atoms with Gasteiger partial charge in [0.05, 0.1) is 0 Å². The fraction of sp³-hybridized carbons (Fsp3) is 0.857. The average Bonchev–Trinajstić information content (AvgIpc) is 2.84. The van der Waals surface area contributed by atoms with Crippen LogP contribution in [0, 0.1) is 0 Å². The van der Waals surface area contributed by atoms with Gasteiger partial charge in [-0.2, -0.15) is 0 Å². The highest BCUT2D eigenvalue weighted by Crippen LogP contribution is 2.17. The van der Waals surface area contributed by atoms with E-state index in [2.05, 4.69) is 11.8 Å². The maximum atomic E-state index is 12.2. The fourth-order valence-corrected chi connectivity index (χ4v) is 2.77. The van der Waals surface area contributed by atoms with E-state index in [4.69, 9.17) is 5.11 Å². The van der Waals surface area contributed by atoms with Crippen LogP contribution in [0.5, 0.6) is 0 Å². The summed E-state index contributed by atoms with van der Waals surface area (Å²) in [5.41, 5.74) is 0. The van der Waals surface area contributed by atoms with Crippen molar-refractivity contribution in [1.29, 1.82) is 0 Å². The van der Waals surface area contributed by atoms with E-state index in [0.717, 1.165) is 26.1 Å². The third-order valence-corrected chi connectivity index (χ3v) is 3.93. The molecule has 1 rings (SSSR count). The SMILES string of the molecule is CCN1CCCC1CN(C)C(=O)N(C)CCCC(=O)O. The van der Waals surface area contributed by atoms with E-state index in [1.165, 1.54) is 6.42 Å². The minimum atomic E-state index is -0.816. The molecular weight excluding hydrogens is 258 g/mol. The summed E-state index contributed by atoms with van der Waals surface area (Å²) in [6.07, 6.45) is 2.95. The number of likely N-dealkylation sites (tertiary alicyclic amines) is 1. The monoisotopic (exact) mass is 285 g/mol. The number of carbonyl (C=O) groups excluding carboxylic acids is 1. The first kappa shape index (κ1) is 16.8. The minimum Gasteiger partial charge on any atom is -0.481 e. The van der Waals surface area contributed by atoms with Gasteiger partial charge in [0, 0.05) is 39.6 Å². The molecule has 1 atom stereocenters. The van der Waals surface area contributed by atoms with Gasteiger partial charge in [0.1, 0.15) is 0 Å². The van der Waals surface area contributed by atoms with Crippen molar-refractivity contribution in [2.24, 2.45) is 0 Å². The van der Waals surface area contributed by atoms with E-state index >= 15 is 0 Å². The molecular formula is C14H27N3O3. The van der Waals surface area contributed by atoms with Crippen molar-refractivity contribution in [2.45, 2.75) is 38.6 Å². The zero-order valence-electron chi connectivity index (χ0n) is 12.8. The molecule has 1 aliphatic rings. The van der Waals surface area contributed by atoms with Gasteiger partial charge >= 0.3 is 12.0 Å². The molecule has 1 unspecified atom stereocenters. The molecule has 1 N–H and O–H groups in total. The van der Waals surface area contributed by atoms with Crippen molar-refractivity contribution in [3.05, 3.63) is 0 Å². The second kappa shape index (κ2) is 8.09. The van der Waals surface area contributed by atoms with Crippen LogP contribution in [0.25, 0.3) is 0 Å². The summed E-state index contributed by atoms with van der Waals surface area (Å²) in [6.45, 7) is 5.53. The number of carboxylic acids is 1. The van der Waals surface area contributed by atoms with Crippen LogP contribution in [0.3, 0.4) is 0 Å². The van der Waals surface area contributed by atoms with E-state index in [1.54, 1.807) is 16.8 Å². The Morgan fingerprint density at radius 1 is 1.30 bits per heavy atom. The molecule has 2 amide bonds. The van der Waals surface area contributed by atoms with Gasteiger partial charge in [-0.3, -0.25) is 9.69 Å². The molecule has 0 aliphatic carbocycles. The summed E-state index contributed by atoms with van der Waals surface area (Å²) in [6, 6.07) is 0.430. The first-order valence-corrected chi connectivity index (χ1v) is 7.37. The minimum absolute atomic E-state index is 0.0293. The molecule has 1 heterocycles. The van der Waals surface area contributed by atoms with Crippen LogP contribution in [-0.4, -0.2) is 78.1 Å². The maximum Gasteiger partial charge on any atom is 0.319 e. The van der Waals surface area contributed by atoms with Crippen molar-refractivity contribution in [2.75, 3.05) is 40.3 Å². The molecule has 0 aromatic heterocycles. The second-order valence-electron chi connectivity index (χ2n) is 5.51. The van der Waals surface area contributed by atoms with E-state index in [0.29, 0.717) is 19.0 Å². The number of hydrogen-bond donors (Lipinski definition) is 1. The van der Waals surface area contributed by atoms with E-state index < -0.39 is 5.97 Å². The Morgan fingerprint density at radius 3 is 2.60 bits per heavy atom. The number of carboxylic acid groups (broad SMARTS) is 1. The van der Waals surface area contributed by atoms with Crippen molar-refractivity contribution in [3.63, 3.8) is 0 Å². The summed E-state index contributed by atoms with van der Waals surface area (Å²) >= 11 is 0. The number of hydrogen-bond acceptors (Lipinski definition) is 3. The third kappa shape index (κ3) is 5.00. The quantitative estimate of drug-likeness (QED) is 0.766. The summed E-state index contributed by atoms with van der Waals surface area (Å²) in [7, 11) is 3.55. The van der Waals surface area contributed by atoms with Crippen molar-refractivity contribution in [3.8, 4) is 0 Å². The second-order valence-corrected chi connectivity index (χ2v) is 5.51. The number of carbonyl (C=O) groups is 2. The van der Waals surface area contributed by atoms with Crippen LogP contribution in [0.15, 0.2) is 0 Å². The summed E-state index contributed by atoms with van der Waals surface area (Å²) < 4.78 is 0. The molecule has 0 aromatic carbocycles. The first-order chi connectivity index (χ1) is 9.45. The number of nitrogens with zero attached hydrogens (tertiary/aromatic N) is 3. The van der Waals surface area contributed by atoms with Crippen LogP contribution in [0.1, 0.15) is 32.6 Å². The van der Waals surface area contributed by atoms with Gasteiger partial charge in [0.2, 0.25) is 0 Å². The standard InChI is InChI=1S/C14H27N3O3/c1-4-17-10-5-7-12(17)11-16(3)14(20)15(2)9-6-8-13(18)19/h12H,4-11H2,1-3H3,(H,18,19). The lowest BCUT2D eigenvalue weighted by molar-refractivity contribution is -0.137. The largest absolute Gasteiger partial charge is 0.481 e. The van der Waals surface area contributed by atoms with Gasteiger partial charge in [0.15, 0.2) is 0 Å². The van der Waals surface area contributed by atoms with Crippen LogP contribution in [0.4, 0.5) is 4.79 Å². The zero-order valence-corrected chi connectivity index (χ0v) is 12.8. The molecule has 0 radical (unpaired) electrons. The van der Waals surface area contributed by atoms with Gasteiger partial charge in [-0.15, -0.1) is 0 Å². The number of urea groups is 1. The van der Waals surface area contributed by atoms with Crippen LogP contribution >= 0.6 is 0 Å². The molecule has 6 heteroatoms. The molecule has 0 aromatic rings. The number of amides is 2. The molecule has 0 spiro atoms. The first-order valence-electron chi connectivity index (χ1n) is 7.37. The Labute approximate surface area is 121 Å². The number of rotatable bonds is 7. The highest BCUT2D eigenvalue weighted by molar-refractivity contribution is 5.74. The van der Waals surface area contributed by atoms with Crippen LogP contribution < -0.4 is 0 Å². The Kier molecular flexibility index (Phi) is 6.78. The van der Waals surface area contributed by atoms with Gasteiger partial charge in [-0.05, 0) is 32.4 Å². The lowest BCUT2D eigenvalue weighted by Gasteiger charge is -2.30. The Bertz CT molecular complexity index is 336. The maximum absolute atomic E-state index is 12.2. The predicted octanol–water partition coefficient (Wildman–Crippen LogP) is 1.32. The highest BCUT2D eigenvalue weighted by atomic mass is 16.4. The molecule has 20 heavy (non-hydrogen) atoms. The number of likely N-dealkylation sites (N-methyl/N-ethyl adjacent to an activating group) is 2. The fourth-order valence-electron chi connectivity index (χ4n) is 2.77. The lowest BCUT2D eigenvalue weighted by Crippen LogP contribution is -2.45. The zero-order chi connectivity index (χ0) is 15.1. The van der Waals surface area contributed by atoms with E-state index in [1.807, 2.05) is 7.05 Å². The highest BCUT2D eigenvalue weighted by Gasteiger charge is 2.26. The van der Waals surface area contributed by atoms with Crippen LogP contribution in [-0.2, 0) is 4.79 Å². The summed E-state index contributed by atoms with van der Waals surface area (Å²) in [4.78, 5) is 28.4. The molecule has 6 nitrogen and oxygen atoms in total.